The van der Waals surface area contributed by atoms with Crippen LogP contribution >= 0.6 is 12.4 Å². The molecule has 0 spiro atoms. The van der Waals surface area contributed by atoms with Crippen molar-refractivity contribution in [1.29, 1.82) is 0 Å². The Kier molecular flexibility index (Phi) is 3.21. The van der Waals surface area contributed by atoms with E-state index in [1.807, 2.05) is 0 Å². The molecule has 58 valence electrons. The van der Waals surface area contributed by atoms with E-state index in [-0.39, 0.29) is 23.9 Å². The maximum atomic E-state index is 5.68. The number of terminal acetylenes is 1. The van der Waals surface area contributed by atoms with Crippen molar-refractivity contribution in [1.82, 2.24) is 0 Å². The molecule has 1 aliphatic carbocycles. The van der Waals surface area contributed by atoms with Crippen molar-refractivity contribution in [2.24, 2.45) is 11.1 Å². The van der Waals surface area contributed by atoms with Gasteiger partial charge in [-0.05, 0) is 18.3 Å². The Hall–Kier alpha value is -0.190. The standard InChI is InChI=1S/C8H13N.ClH/c1-3-7(9)8(2)5-4-6-8;/h1,7H,4-6,9H2,2H3;1H. The number of hydrogen-bond acceptors (Lipinski definition) is 1. The number of rotatable bonds is 1. The van der Waals surface area contributed by atoms with Crippen molar-refractivity contribution in [3.63, 3.8) is 0 Å². The third kappa shape index (κ3) is 1.45. The van der Waals surface area contributed by atoms with Crippen LogP contribution in [0.4, 0.5) is 0 Å². The molecule has 1 aliphatic rings. The molecule has 0 aromatic carbocycles. The first-order chi connectivity index (χ1) is 4.19. The van der Waals surface area contributed by atoms with Crippen LogP contribution in [0, 0.1) is 17.8 Å². The van der Waals surface area contributed by atoms with Crippen LogP contribution in [0.5, 0.6) is 0 Å². The van der Waals surface area contributed by atoms with Gasteiger partial charge in [-0.3, -0.25) is 0 Å². The molecule has 1 unspecified atom stereocenters. The average molecular weight is 160 g/mol. The summed E-state index contributed by atoms with van der Waals surface area (Å²) in [4.78, 5) is 0. The van der Waals surface area contributed by atoms with E-state index in [0.29, 0.717) is 0 Å². The molecule has 1 rings (SSSR count). The molecule has 0 radical (unpaired) electrons. The van der Waals surface area contributed by atoms with Crippen molar-refractivity contribution >= 4 is 12.4 Å². The molecular formula is C8H14ClN. The van der Waals surface area contributed by atoms with Crippen molar-refractivity contribution in [2.75, 3.05) is 0 Å². The summed E-state index contributed by atoms with van der Waals surface area (Å²) in [7, 11) is 0. The molecule has 1 saturated carbocycles. The Morgan fingerprint density at radius 3 is 2.20 bits per heavy atom. The molecule has 0 aromatic heterocycles. The van der Waals surface area contributed by atoms with E-state index in [1.165, 1.54) is 19.3 Å². The van der Waals surface area contributed by atoms with Gasteiger partial charge in [0, 0.05) is 0 Å². The topological polar surface area (TPSA) is 26.0 Å². The Morgan fingerprint density at radius 2 is 2.10 bits per heavy atom. The van der Waals surface area contributed by atoms with E-state index in [0.717, 1.165) is 0 Å². The van der Waals surface area contributed by atoms with Gasteiger partial charge in [0.15, 0.2) is 0 Å². The first-order valence-corrected chi connectivity index (χ1v) is 3.41. The van der Waals surface area contributed by atoms with Gasteiger partial charge in [0.25, 0.3) is 0 Å². The fourth-order valence-corrected chi connectivity index (χ4v) is 1.25. The van der Waals surface area contributed by atoms with Crippen LogP contribution in [0.25, 0.3) is 0 Å². The van der Waals surface area contributed by atoms with Crippen LogP contribution in [0.2, 0.25) is 0 Å². The summed E-state index contributed by atoms with van der Waals surface area (Å²) in [5.74, 6) is 2.59. The lowest BCUT2D eigenvalue weighted by Gasteiger charge is -2.40. The van der Waals surface area contributed by atoms with E-state index in [1.54, 1.807) is 0 Å². The lowest BCUT2D eigenvalue weighted by Crippen LogP contribution is -2.43. The van der Waals surface area contributed by atoms with Crippen molar-refractivity contribution in [2.45, 2.75) is 32.2 Å². The zero-order valence-electron chi connectivity index (χ0n) is 6.26. The predicted molar refractivity (Wildman–Crippen MR) is 46.0 cm³/mol. The third-order valence-electron chi connectivity index (χ3n) is 2.43. The smallest absolute Gasteiger partial charge is 0.0716 e. The maximum Gasteiger partial charge on any atom is 0.0716 e. The summed E-state index contributed by atoms with van der Waals surface area (Å²) in [6, 6.07) is -0.0220. The third-order valence-corrected chi connectivity index (χ3v) is 2.43. The number of nitrogens with two attached hydrogens (primary N) is 1. The fraction of sp³-hybridized carbons (Fsp3) is 0.750. The second-order valence-corrected chi connectivity index (χ2v) is 3.15. The maximum absolute atomic E-state index is 5.68. The van der Waals surface area contributed by atoms with Gasteiger partial charge in [-0.15, -0.1) is 18.8 Å². The highest BCUT2D eigenvalue weighted by Crippen LogP contribution is 2.42. The Balaban J connectivity index is 0.000000810. The van der Waals surface area contributed by atoms with E-state index < -0.39 is 0 Å². The molecule has 0 bridgehead atoms. The van der Waals surface area contributed by atoms with E-state index in [4.69, 9.17) is 12.2 Å². The second-order valence-electron chi connectivity index (χ2n) is 3.15. The first-order valence-electron chi connectivity index (χ1n) is 3.41. The fourth-order valence-electron chi connectivity index (χ4n) is 1.25. The minimum atomic E-state index is -0.0220. The van der Waals surface area contributed by atoms with Crippen LogP contribution in [0.3, 0.4) is 0 Å². The molecule has 2 N–H and O–H groups in total. The summed E-state index contributed by atoms with van der Waals surface area (Å²) in [6.07, 6.45) is 8.90. The molecule has 10 heavy (non-hydrogen) atoms. The molecule has 0 amide bonds. The van der Waals surface area contributed by atoms with Gasteiger partial charge < -0.3 is 5.73 Å². The van der Waals surface area contributed by atoms with Crippen molar-refractivity contribution in [3.8, 4) is 12.3 Å². The Bertz CT molecular complexity index is 144. The van der Waals surface area contributed by atoms with Gasteiger partial charge in [-0.2, -0.15) is 0 Å². The van der Waals surface area contributed by atoms with Crippen LogP contribution in [0.1, 0.15) is 26.2 Å². The zero-order valence-corrected chi connectivity index (χ0v) is 7.08. The van der Waals surface area contributed by atoms with E-state index in [2.05, 4.69) is 12.8 Å². The molecule has 1 atom stereocenters. The minimum Gasteiger partial charge on any atom is -0.317 e. The van der Waals surface area contributed by atoms with Crippen LogP contribution in [0.15, 0.2) is 0 Å². The quantitative estimate of drug-likeness (QED) is 0.578. The number of hydrogen-bond donors (Lipinski definition) is 1. The summed E-state index contributed by atoms with van der Waals surface area (Å²) >= 11 is 0. The predicted octanol–water partition coefficient (Wildman–Crippen LogP) is 1.56. The van der Waals surface area contributed by atoms with Crippen molar-refractivity contribution in [3.05, 3.63) is 0 Å². The van der Waals surface area contributed by atoms with E-state index >= 15 is 0 Å². The Labute approximate surface area is 68.8 Å². The second kappa shape index (κ2) is 3.27. The van der Waals surface area contributed by atoms with Gasteiger partial charge in [0.1, 0.15) is 0 Å². The van der Waals surface area contributed by atoms with Gasteiger partial charge in [-0.25, -0.2) is 0 Å². The highest BCUT2D eigenvalue weighted by molar-refractivity contribution is 5.85. The highest BCUT2D eigenvalue weighted by atomic mass is 35.5. The first kappa shape index (κ1) is 9.81. The van der Waals surface area contributed by atoms with Gasteiger partial charge >= 0.3 is 0 Å². The SMILES string of the molecule is C#CC(N)C1(C)CCC1.Cl. The monoisotopic (exact) mass is 159 g/mol. The van der Waals surface area contributed by atoms with E-state index in [9.17, 15) is 0 Å². The van der Waals surface area contributed by atoms with Gasteiger partial charge in [0.05, 0.1) is 6.04 Å². The lowest BCUT2D eigenvalue weighted by molar-refractivity contribution is 0.145. The largest absolute Gasteiger partial charge is 0.317 e. The highest BCUT2D eigenvalue weighted by Gasteiger charge is 2.36. The minimum absolute atomic E-state index is 0. The number of halogens is 1. The van der Waals surface area contributed by atoms with Crippen LogP contribution in [-0.2, 0) is 0 Å². The van der Waals surface area contributed by atoms with Crippen LogP contribution < -0.4 is 5.73 Å². The summed E-state index contributed by atoms with van der Waals surface area (Å²) in [5, 5.41) is 0. The molecule has 2 heteroatoms. The lowest BCUT2D eigenvalue weighted by atomic mass is 9.66. The normalized spacial score (nSPS) is 23.3. The molecule has 0 heterocycles. The molecule has 1 fully saturated rings. The zero-order chi connectivity index (χ0) is 6.91. The average Bonchev–Trinajstić information content (AvgIpc) is 1.81. The van der Waals surface area contributed by atoms with Crippen LogP contribution in [-0.4, -0.2) is 6.04 Å². The summed E-state index contributed by atoms with van der Waals surface area (Å²) in [6.45, 7) is 2.17. The molecule has 0 saturated heterocycles. The Morgan fingerprint density at radius 1 is 1.60 bits per heavy atom. The summed E-state index contributed by atoms with van der Waals surface area (Å²) < 4.78 is 0. The summed E-state index contributed by atoms with van der Waals surface area (Å²) in [5.41, 5.74) is 5.95. The molecule has 0 aliphatic heterocycles. The van der Waals surface area contributed by atoms with Crippen molar-refractivity contribution < 1.29 is 0 Å². The van der Waals surface area contributed by atoms with Gasteiger partial charge in [-0.1, -0.05) is 19.3 Å². The molecular weight excluding hydrogens is 146 g/mol. The molecule has 0 aromatic rings. The van der Waals surface area contributed by atoms with Gasteiger partial charge in [0.2, 0.25) is 0 Å². The molecule has 1 nitrogen and oxygen atoms in total.